The number of aromatic hydroxyl groups is 1. The predicted molar refractivity (Wildman–Crippen MR) is 65.8 cm³/mol. The minimum Gasteiger partial charge on any atom is -0.507 e. The normalized spacial score (nSPS) is 9.74. The van der Waals surface area contributed by atoms with Crippen molar-refractivity contribution in [1.29, 1.82) is 0 Å². The van der Waals surface area contributed by atoms with Crippen molar-refractivity contribution in [3.05, 3.63) is 23.8 Å². The number of anilines is 1. The maximum absolute atomic E-state index is 11.4. The lowest BCUT2D eigenvalue weighted by Crippen LogP contribution is -2.36. The Morgan fingerprint density at radius 1 is 1.21 bits per heavy atom. The van der Waals surface area contributed by atoms with Crippen LogP contribution in [-0.2, 0) is 9.59 Å². The third-order valence-electron chi connectivity index (χ3n) is 2.14. The smallest absolute Gasteiger partial charge is 0.339 e. The summed E-state index contributed by atoms with van der Waals surface area (Å²) in [7, 11) is 0. The number of benzene rings is 1. The molecule has 0 atom stereocenters. The molecule has 0 heterocycles. The van der Waals surface area contributed by atoms with Gasteiger partial charge in [0.1, 0.15) is 11.3 Å². The molecule has 1 aromatic rings. The molecule has 102 valence electrons. The van der Waals surface area contributed by atoms with E-state index in [1.165, 1.54) is 6.07 Å². The van der Waals surface area contributed by atoms with Crippen LogP contribution in [0.3, 0.4) is 0 Å². The van der Waals surface area contributed by atoms with E-state index in [9.17, 15) is 19.5 Å². The first-order valence-electron chi connectivity index (χ1n) is 5.27. The second-order valence-electron chi connectivity index (χ2n) is 3.57. The summed E-state index contributed by atoms with van der Waals surface area (Å²) in [6.07, 6.45) is 0. The van der Waals surface area contributed by atoms with E-state index < -0.39 is 23.5 Å². The Bertz CT molecular complexity index is 515. The summed E-state index contributed by atoms with van der Waals surface area (Å²) >= 11 is 0. The third-order valence-corrected chi connectivity index (χ3v) is 2.14. The molecule has 1 aromatic carbocycles. The van der Waals surface area contributed by atoms with Crippen LogP contribution in [0, 0.1) is 0 Å². The summed E-state index contributed by atoms with van der Waals surface area (Å²) in [5.74, 6) is -2.73. The second-order valence-corrected chi connectivity index (χ2v) is 3.57. The Labute approximate surface area is 108 Å². The minimum atomic E-state index is -1.31. The molecule has 8 heteroatoms. The number of nitrogens with two attached hydrogens (primary N) is 1. The number of carboxylic acid groups (broad SMARTS) is 1. The molecule has 0 saturated heterocycles. The summed E-state index contributed by atoms with van der Waals surface area (Å²) in [6, 6.07) is 3.60. The second kappa shape index (κ2) is 6.36. The molecule has 0 fully saturated rings. The van der Waals surface area contributed by atoms with Crippen molar-refractivity contribution in [1.82, 2.24) is 5.32 Å². The number of nitrogens with one attached hydrogen (secondary N) is 2. The maximum Gasteiger partial charge on any atom is 0.339 e. The van der Waals surface area contributed by atoms with Crippen LogP contribution in [0.25, 0.3) is 0 Å². The number of phenols is 1. The Morgan fingerprint density at radius 2 is 1.89 bits per heavy atom. The number of carboxylic acids is 1. The molecule has 0 aliphatic heterocycles. The highest BCUT2D eigenvalue weighted by Gasteiger charge is 2.11. The van der Waals surface area contributed by atoms with Crippen LogP contribution in [0.1, 0.15) is 10.4 Å². The number of carbonyl (C=O) groups excluding carboxylic acids is 2. The zero-order valence-corrected chi connectivity index (χ0v) is 9.84. The van der Waals surface area contributed by atoms with Gasteiger partial charge in [-0.3, -0.25) is 9.59 Å². The van der Waals surface area contributed by atoms with E-state index in [0.717, 1.165) is 12.1 Å². The molecule has 8 nitrogen and oxygen atoms in total. The van der Waals surface area contributed by atoms with Gasteiger partial charge in [0.05, 0.1) is 13.1 Å². The molecule has 0 unspecified atom stereocenters. The van der Waals surface area contributed by atoms with Crippen LogP contribution in [0.2, 0.25) is 0 Å². The van der Waals surface area contributed by atoms with E-state index in [1.807, 2.05) is 0 Å². The molecule has 0 aliphatic carbocycles. The van der Waals surface area contributed by atoms with Crippen LogP contribution >= 0.6 is 0 Å². The van der Waals surface area contributed by atoms with Gasteiger partial charge in [0.15, 0.2) is 0 Å². The molecule has 2 amide bonds. The summed E-state index contributed by atoms with van der Waals surface area (Å²) in [5.41, 5.74) is 4.91. The summed E-state index contributed by atoms with van der Waals surface area (Å²) in [4.78, 5) is 33.0. The fourth-order valence-corrected chi connectivity index (χ4v) is 1.24. The molecule has 0 bridgehead atoms. The fourth-order valence-electron chi connectivity index (χ4n) is 1.24. The maximum atomic E-state index is 11.4. The van der Waals surface area contributed by atoms with E-state index in [2.05, 4.69) is 10.6 Å². The van der Waals surface area contributed by atoms with Crippen LogP contribution < -0.4 is 16.4 Å². The van der Waals surface area contributed by atoms with Gasteiger partial charge in [-0.2, -0.15) is 0 Å². The van der Waals surface area contributed by atoms with Crippen LogP contribution in [0.5, 0.6) is 5.75 Å². The van der Waals surface area contributed by atoms with Crippen molar-refractivity contribution in [2.24, 2.45) is 5.73 Å². The Hall–Kier alpha value is -2.61. The number of rotatable bonds is 5. The summed E-state index contributed by atoms with van der Waals surface area (Å²) in [6.45, 7) is -0.505. The molecule has 0 radical (unpaired) electrons. The summed E-state index contributed by atoms with van der Waals surface area (Å²) < 4.78 is 0. The van der Waals surface area contributed by atoms with Crippen LogP contribution in [0.4, 0.5) is 5.69 Å². The number of amides is 2. The van der Waals surface area contributed by atoms with Gasteiger partial charge in [0, 0.05) is 5.69 Å². The van der Waals surface area contributed by atoms with Crippen molar-refractivity contribution < 1.29 is 24.6 Å². The number of hydrogen-bond donors (Lipinski definition) is 5. The van der Waals surface area contributed by atoms with Crippen molar-refractivity contribution in [3.8, 4) is 5.75 Å². The molecular formula is C11H13N3O5. The lowest BCUT2D eigenvalue weighted by molar-refractivity contribution is -0.123. The first kappa shape index (κ1) is 14.5. The number of carbonyl (C=O) groups is 3. The topological polar surface area (TPSA) is 142 Å². The van der Waals surface area contributed by atoms with Crippen molar-refractivity contribution in [3.63, 3.8) is 0 Å². The zero-order valence-electron chi connectivity index (χ0n) is 9.84. The van der Waals surface area contributed by atoms with E-state index in [4.69, 9.17) is 10.8 Å². The molecule has 0 aromatic heterocycles. The quantitative estimate of drug-likeness (QED) is 0.438. The fraction of sp³-hybridized carbons (Fsp3) is 0.182. The van der Waals surface area contributed by atoms with Gasteiger partial charge in [0.25, 0.3) is 0 Å². The van der Waals surface area contributed by atoms with E-state index >= 15 is 0 Å². The molecule has 0 aliphatic rings. The van der Waals surface area contributed by atoms with Crippen LogP contribution in [-0.4, -0.2) is 41.1 Å². The largest absolute Gasteiger partial charge is 0.507 e. The minimum absolute atomic E-state index is 0.196. The number of aromatic carboxylic acids is 1. The predicted octanol–water partition coefficient (Wildman–Crippen LogP) is -0.896. The molecule has 19 heavy (non-hydrogen) atoms. The molecule has 1 rings (SSSR count). The van der Waals surface area contributed by atoms with Crippen molar-refractivity contribution >= 4 is 23.5 Å². The first-order chi connectivity index (χ1) is 8.93. The van der Waals surface area contributed by atoms with Gasteiger partial charge in [-0.15, -0.1) is 0 Å². The lowest BCUT2D eigenvalue weighted by atomic mass is 10.2. The average molecular weight is 267 g/mol. The van der Waals surface area contributed by atoms with E-state index in [-0.39, 0.29) is 24.3 Å². The van der Waals surface area contributed by atoms with Gasteiger partial charge < -0.3 is 26.6 Å². The van der Waals surface area contributed by atoms with Gasteiger partial charge >= 0.3 is 5.97 Å². The van der Waals surface area contributed by atoms with Gasteiger partial charge in [-0.1, -0.05) is 0 Å². The van der Waals surface area contributed by atoms with Gasteiger partial charge in [-0.05, 0) is 18.2 Å². The highest BCUT2D eigenvalue weighted by atomic mass is 16.4. The molecule has 0 spiro atoms. The lowest BCUT2D eigenvalue weighted by Gasteiger charge is -2.07. The first-order valence-corrected chi connectivity index (χ1v) is 5.27. The van der Waals surface area contributed by atoms with Gasteiger partial charge in [0.2, 0.25) is 11.8 Å². The van der Waals surface area contributed by atoms with Crippen molar-refractivity contribution in [2.75, 3.05) is 18.4 Å². The highest BCUT2D eigenvalue weighted by Crippen LogP contribution is 2.21. The monoisotopic (exact) mass is 267 g/mol. The third kappa shape index (κ3) is 4.28. The standard InChI is InChI=1S/C11H13N3O5/c12-4-9(16)13-5-10(17)14-6-1-2-8(15)7(3-6)11(18)19/h1-3,15H,4-5,12H2,(H,13,16)(H,14,17)(H,18,19). The number of hydrogen-bond acceptors (Lipinski definition) is 5. The Kier molecular flexibility index (Phi) is 4.84. The highest BCUT2D eigenvalue weighted by molar-refractivity contribution is 5.97. The van der Waals surface area contributed by atoms with E-state index in [1.54, 1.807) is 0 Å². The van der Waals surface area contributed by atoms with Crippen LogP contribution in [0.15, 0.2) is 18.2 Å². The Morgan fingerprint density at radius 3 is 2.47 bits per heavy atom. The van der Waals surface area contributed by atoms with E-state index in [0.29, 0.717) is 0 Å². The summed E-state index contributed by atoms with van der Waals surface area (Å²) in [5, 5.41) is 22.7. The van der Waals surface area contributed by atoms with Gasteiger partial charge in [-0.25, -0.2) is 4.79 Å². The molecular weight excluding hydrogens is 254 g/mol. The van der Waals surface area contributed by atoms with Crippen molar-refractivity contribution in [2.45, 2.75) is 0 Å². The molecule has 6 N–H and O–H groups in total. The average Bonchev–Trinajstić information content (AvgIpc) is 2.37. The Balaban J connectivity index is 2.67. The SMILES string of the molecule is NCC(=O)NCC(=O)Nc1ccc(O)c(C(=O)O)c1. The zero-order chi connectivity index (χ0) is 14.4. The molecule has 0 saturated carbocycles.